The average Bonchev–Trinajstić information content (AvgIpc) is 0.687. The highest BCUT2D eigenvalue weighted by Crippen LogP contribution is 2.39. The smallest absolute Gasteiger partial charge is 0.220 e. The van der Waals surface area contributed by atoms with Gasteiger partial charge in [0.15, 0.2) is 44.0 Å². The summed E-state index contributed by atoms with van der Waals surface area (Å²) in [6.07, 6.45) is -31.5. The van der Waals surface area contributed by atoms with Gasteiger partial charge in [0, 0.05) is 20.3 Å². The van der Waals surface area contributed by atoms with Crippen molar-refractivity contribution in [2.24, 2.45) is 0 Å². The molecule has 23 N–H and O–H groups in total. The lowest BCUT2D eigenvalue weighted by Gasteiger charge is -2.51. The van der Waals surface area contributed by atoms with Crippen LogP contribution >= 0.6 is 0 Å². The maximum atomic E-state index is 13.6. The Kier molecular flexibility index (Phi) is 47.8. The predicted octanol–water partition coefficient (Wildman–Crippen LogP) is -3.57. The molecular formula is C82H147N3O37. The molecule has 3 amide bonds. The number of hydrogen-bond acceptors (Lipinski definition) is 37. The molecular weight excluding hydrogens is 1620 g/mol. The first kappa shape index (κ1) is 106. The summed E-state index contributed by atoms with van der Waals surface area (Å²) in [5.41, 5.74) is 0. The Labute approximate surface area is 713 Å². The maximum absolute atomic E-state index is 13.6. The van der Waals surface area contributed by atoms with Crippen molar-refractivity contribution in [2.45, 2.75) is 441 Å². The standard InChI is InChI=1S/C82H147N3O37/c1-6-8-10-12-14-16-18-20-21-23-25-27-29-31-33-35-54(94)85-46(47(93)34-32-30-28-26-24-22-19-17-15-13-11-9-7-2)41-109-79-67(105)64(102)70(51(39-89)115-79)119-81-68(106)65(103)71(52(40-90)116-81)120-82-69(107)74(60(98)50(38-88)114-82)122-78-56(84-45(5)92)73(121-80-66(104)62(100)58(96)48(36-86)113-80)61(99)53(117-78)42-110-77-55(83-44(4)91)72(59(97)49(37-87)112-77)118-75-63(101)57(95)43(3)111-76(75)108/h32,34,43,46-53,55-82,86-90,93,95-108H,6-31,33,35-42H2,1-5H3,(H,83,91)(H,84,92)(H,85,94)/b34-32+/t43?,46-,47+,48?,49?,50?,51?,52?,53?,55?,56?,57+,58-,59+,60-,61-,62-,63?,64+,65+,66?,67?,68?,69?,70+,71-,72+,73+,74-,75-,76+,77+,78-,79+,80-,81-,82-/m0/s1. The molecule has 0 bridgehead atoms. The van der Waals surface area contributed by atoms with Crippen molar-refractivity contribution in [3.63, 3.8) is 0 Å². The molecule has 0 spiro atoms. The van der Waals surface area contributed by atoms with Crippen molar-refractivity contribution in [1.29, 1.82) is 0 Å². The second-order valence-electron chi connectivity index (χ2n) is 33.5. The zero-order chi connectivity index (χ0) is 89.3. The molecule has 14 unspecified atom stereocenters. The zero-order valence-corrected chi connectivity index (χ0v) is 71.1. The van der Waals surface area contributed by atoms with Gasteiger partial charge in [-0.15, -0.1) is 0 Å². The average molecular weight is 1770 g/mol. The number of carbonyl (C=O) groups excluding carboxylic acids is 3. The summed E-state index contributed by atoms with van der Waals surface area (Å²) in [4.78, 5) is 39.7. The van der Waals surface area contributed by atoms with E-state index in [1.807, 2.05) is 6.08 Å². The third kappa shape index (κ3) is 31.0. The summed E-state index contributed by atoms with van der Waals surface area (Å²) in [7, 11) is 0. The number of aliphatic hydroxyl groups is 20. The topological polar surface area (TPSA) is 621 Å². The van der Waals surface area contributed by atoms with Gasteiger partial charge in [-0.3, -0.25) is 14.4 Å². The van der Waals surface area contributed by atoms with E-state index in [4.69, 9.17) is 66.3 Å². The number of allylic oxidation sites excluding steroid dienone is 1. The molecule has 40 nitrogen and oxygen atoms in total. The minimum Gasteiger partial charge on any atom is -0.394 e. The number of hydrogen-bond donors (Lipinski definition) is 23. The monoisotopic (exact) mass is 1770 g/mol. The van der Waals surface area contributed by atoms with Crippen molar-refractivity contribution in [3.8, 4) is 0 Å². The first-order chi connectivity index (χ1) is 58.5. The quantitative estimate of drug-likeness (QED) is 0.0207. The van der Waals surface area contributed by atoms with Crippen molar-refractivity contribution in [2.75, 3.05) is 46.2 Å². The van der Waals surface area contributed by atoms with E-state index in [1.54, 1.807) is 6.08 Å². The third-order valence-electron chi connectivity index (χ3n) is 23.8. The van der Waals surface area contributed by atoms with E-state index >= 15 is 0 Å². The molecule has 0 aromatic rings. The van der Waals surface area contributed by atoms with Gasteiger partial charge in [-0.25, -0.2) is 0 Å². The molecule has 0 saturated carbocycles. The fraction of sp³-hybridized carbons (Fsp3) is 0.939. The molecule has 7 aliphatic rings. The molecule has 0 aliphatic carbocycles. The number of ether oxygens (including phenoxy) is 14. The number of unbranched alkanes of at least 4 members (excludes halogenated alkanes) is 25. The Hall–Kier alpha value is -3.21. The van der Waals surface area contributed by atoms with Crippen LogP contribution in [0.25, 0.3) is 0 Å². The van der Waals surface area contributed by atoms with E-state index in [-0.39, 0.29) is 12.3 Å². The summed E-state index contributed by atoms with van der Waals surface area (Å²) in [6.45, 7) is 1.18. The number of carbonyl (C=O) groups is 3. The van der Waals surface area contributed by atoms with Crippen LogP contribution in [0.15, 0.2) is 12.2 Å². The molecule has 122 heavy (non-hydrogen) atoms. The van der Waals surface area contributed by atoms with E-state index in [9.17, 15) is 117 Å². The van der Waals surface area contributed by atoms with E-state index in [0.29, 0.717) is 12.8 Å². The van der Waals surface area contributed by atoms with Crippen molar-refractivity contribution < 1.29 is 183 Å². The van der Waals surface area contributed by atoms with Crippen LogP contribution in [0.3, 0.4) is 0 Å². The molecule has 7 heterocycles. The first-order valence-electron chi connectivity index (χ1n) is 44.3. The van der Waals surface area contributed by atoms with E-state index < -0.39 is 285 Å². The third-order valence-corrected chi connectivity index (χ3v) is 23.8. The van der Waals surface area contributed by atoms with Gasteiger partial charge in [0.1, 0.15) is 165 Å². The number of rotatable bonds is 54. The molecule has 0 aromatic carbocycles. The molecule has 0 radical (unpaired) electrons. The van der Waals surface area contributed by atoms with Gasteiger partial charge < -0.3 is 184 Å². The Morgan fingerprint density at radius 3 is 1.21 bits per heavy atom. The maximum Gasteiger partial charge on any atom is 0.220 e. The zero-order valence-electron chi connectivity index (χ0n) is 71.1. The number of amides is 3. The number of nitrogens with one attached hydrogen (secondary N) is 3. The summed E-state index contributed by atoms with van der Waals surface area (Å²) in [5.74, 6) is -2.12. The molecule has 0 aromatic heterocycles. The highest BCUT2D eigenvalue weighted by atomic mass is 16.8. The van der Waals surface area contributed by atoms with Gasteiger partial charge in [0.25, 0.3) is 0 Å². The Balaban J connectivity index is 1.03. The molecule has 712 valence electrons. The summed E-state index contributed by atoms with van der Waals surface area (Å²) < 4.78 is 83.2. The Morgan fingerprint density at radius 2 is 0.721 bits per heavy atom. The minimum absolute atomic E-state index is 0.165. The summed E-state index contributed by atoms with van der Waals surface area (Å²) >= 11 is 0. The van der Waals surface area contributed by atoms with Crippen LogP contribution < -0.4 is 16.0 Å². The lowest BCUT2D eigenvalue weighted by molar-refractivity contribution is -0.390. The summed E-state index contributed by atoms with van der Waals surface area (Å²) in [6, 6.07) is -4.71. The van der Waals surface area contributed by atoms with Crippen LogP contribution in [0.2, 0.25) is 0 Å². The number of aliphatic hydroxyl groups excluding tert-OH is 20. The molecule has 7 saturated heterocycles. The van der Waals surface area contributed by atoms with Crippen LogP contribution in [-0.2, 0) is 80.7 Å². The van der Waals surface area contributed by atoms with Crippen molar-refractivity contribution in [1.82, 2.24) is 16.0 Å². The van der Waals surface area contributed by atoms with Gasteiger partial charge in [-0.2, -0.15) is 0 Å². The lowest BCUT2D eigenvalue weighted by atomic mass is 9.93. The fourth-order valence-electron chi connectivity index (χ4n) is 16.5. The van der Waals surface area contributed by atoms with Crippen LogP contribution in [-0.4, -0.2) is 393 Å². The lowest BCUT2D eigenvalue weighted by Crippen LogP contribution is -2.71. The highest BCUT2D eigenvalue weighted by molar-refractivity contribution is 5.76. The Morgan fingerprint density at radius 1 is 0.352 bits per heavy atom. The van der Waals surface area contributed by atoms with Gasteiger partial charge in [-0.05, 0) is 26.2 Å². The van der Waals surface area contributed by atoms with Crippen LogP contribution in [0.5, 0.6) is 0 Å². The largest absolute Gasteiger partial charge is 0.394 e. The Bertz CT molecular complexity index is 2910. The molecule has 40 heteroatoms. The van der Waals surface area contributed by atoms with Gasteiger partial charge in [-0.1, -0.05) is 180 Å². The van der Waals surface area contributed by atoms with Crippen molar-refractivity contribution in [3.05, 3.63) is 12.2 Å². The predicted molar refractivity (Wildman–Crippen MR) is 425 cm³/mol. The van der Waals surface area contributed by atoms with Crippen LogP contribution in [0.4, 0.5) is 0 Å². The minimum atomic E-state index is -2.36. The van der Waals surface area contributed by atoms with E-state index in [1.165, 1.54) is 116 Å². The van der Waals surface area contributed by atoms with Crippen molar-refractivity contribution >= 4 is 17.7 Å². The second kappa shape index (κ2) is 55.1. The van der Waals surface area contributed by atoms with E-state index in [0.717, 1.165) is 65.2 Å². The van der Waals surface area contributed by atoms with Gasteiger partial charge in [0.2, 0.25) is 17.7 Å². The van der Waals surface area contributed by atoms with Crippen LogP contribution in [0, 0.1) is 0 Å². The fourth-order valence-corrected chi connectivity index (χ4v) is 16.5. The van der Waals surface area contributed by atoms with E-state index in [2.05, 4.69) is 29.8 Å². The normalized spacial score (nSPS) is 38.9. The second-order valence-corrected chi connectivity index (χ2v) is 33.5. The summed E-state index contributed by atoms with van der Waals surface area (Å²) in [5, 5.41) is 233. The molecule has 37 atom stereocenters. The first-order valence-corrected chi connectivity index (χ1v) is 44.3. The SMILES string of the molecule is CCCCCCCCCCCCC/C=C/[C@@H](O)[C@H](CO[C@@H]1OC(CO)[C@@H](O[C@@H]2OC(CO)[C@H](O[C@@H]3OC(CO)[C@H](O)[C@H](O[C@@H]4OC(CO[C@@H]5OC(CO)[C@@H](O)[C@H](O[C@H]6C(O)[C@H](O)C(C)O[C@H]6O)C5NC(C)=O)[C@H](O)[C@H](O[C@@H]5OC(CO)[C@H](O)[C@H](O)C5O)C4NC(C)=O)C3O)[C@H](O)C2O)[C@H](O)C1O)NC(=O)CCCCCCCCCCCCCCCCC. The molecule has 7 fully saturated rings. The van der Waals surface area contributed by atoms with Crippen LogP contribution in [0.1, 0.15) is 214 Å². The highest BCUT2D eigenvalue weighted by Gasteiger charge is 2.59. The molecule has 7 aliphatic heterocycles. The van der Waals surface area contributed by atoms with Gasteiger partial charge in [0.05, 0.1) is 64.5 Å². The molecule has 7 rings (SSSR count). The van der Waals surface area contributed by atoms with Gasteiger partial charge >= 0.3 is 0 Å².